The summed E-state index contributed by atoms with van der Waals surface area (Å²) in [6.07, 6.45) is -0.480. The number of carbonyl (C=O) groups excluding carboxylic acids is 2. The van der Waals surface area contributed by atoms with Crippen LogP contribution >= 0.6 is 0 Å². The summed E-state index contributed by atoms with van der Waals surface area (Å²) in [7, 11) is 0. The molecule has 136 valence electrons. The van der Waals surface area contributed by atoms with Gasteiger partial charge in [0, 0.05) is 6.42 Å². The molecule has 6 heteroatoms. The van der Waals surface area contributed by atoms with E-state index in [1.807, 2.05) is 42.5 Å². The molecule has 1 amide bonds. The fourth-order valence-corrected chi connectivity index (χ4v) is 2.45. The van der Waals surface area contributed by atoms with E-state index in [4.69, 9.17) is 14.7 Å². The number of nitriles is 1. The predicted molar refractivity (Wildman–Crippen MR) is 97.4 cm³/mol. The van der Waals surface area contributed by atoms with Crippen LogP contribution in [0, 0.1) is 11.3 Å². The molecule has 2 aromatic carbocycles. The van der Waals surface area contributed by atoms with Gasteiger partial charge in [0.15, 0.2) is 6.61 Å². The third-order valence-electron chi connectivity index (χ3n) is 3.51. The van der Waals surface area contributed by atoms with Gasteiger partial charge in [-0.05, 0) is 37.1 Å². The van der Waals surface area contributed by atoms with Crippen molar-refractivity contribution >= 4 is 22.8 Å². The summed E-state index contributed by atoms with van der Waals surface area (Å²) < 4.78 is 10.1. The number of hydrogen-bond donors (Lipinski definition) is 1. The Balaban J connectivity index is 2.17. The summed E-state index contributed by atoms with van der Waals surface area (Å²) in [4.78, 5) is 24.3. The molecule has 1 unspecified atom stereocenters. The highest BCUT2D eigenvalue weighted by Crippen LogP contribution is 2.17. The lowest BCUT2D eigenvalue weighted by Crippen LogP contribution is -2.45. The van der Waals surface area contributed by atoms with E-state index < -0.39 is 23.7 Å². The zero-order chi connectivity index (χ0) is 19.2. The zero-order valence-corrected chi connectivity index (χ0v) is 15.1. The molecule has 6 nitrogen and oxygen atoms in total. The summed E-state index contributed by atoms with van der Waals surface area (Å²) in [6, 6.07) is 14.5. The molecule has 0 spiro atoms. The van der Waals surface area contributed by atoms with Crippen molar-refractivity contribution in [1.29, 1.82) is 5.26 Å². The maximum absolute atomic E-state index is 12.2. The van der Waals surface area contributed by atoms with Crippen LogP contribution in [0.3, 0.4) is 0 Å². The average Bonchev–Trinajstić information content (AvgIpc) is 2.57. The van der Waals surface area contributed by atoms with E-state index in [-0.39, 0.29) is 13.0 Å². The number of nitrogens with zero attached hydrogens (tertiary/aromatic N) is 1. The fraction of sp³-hybridized carbons (Fsp3) is 0.350. The van der Waals surface area contributed by atoms with Gasteiger partial charge in [0.05, 0.1) is 0 Å². The van der Waals surface area contributed by atoms with Crippen LogP contribution < -0.4 is 5.32 Å². The molecule has 0 saturated heterocycles. The van der Waals surface area contributed by atoms with Crippen molar-refractivity contribution in [3.8, 4) is 6.07 Å². The monoisotopic (exact) mass is 354 g/mol. The molecule has 0 aliphatic carbocycles. The molecule has 1 atom stereocenters. The van der Waals surface area contributed by atoms with Crippen LogP contribution in [0.4, 0.5) is 4.79 Å². The number of rotatable bonds is 5. The number of hydrogen-bond acceptors (Lipinski definition) is 5. The van der Waals surface area contributed by atoms with Crippen LogP contribution in [0.15, 0.2) is 42.5 Å². The van der Waals surface area contributed by atoms with Crippen LogP contribution in [0.25, 0.3) is 10.8 Å². The van der Waals surface area contributed by atoms with E-state index >= 15 is 0 Å². The first-order valence-corrected chi connectivity index (χ1v) is 8.29. The Bertz CT molecular complexity index is 834. The summed E-state index contributed by atoms with van der Waals surface area (Å²) in [5, 5.41) is 13.3. The normalized spacial score (nSPS) is 12.1. The Kier molecular flexibility index (Phi) is 6.18. The molecule has 0 aliphatic rings. The second-order valence-corrected chi connectivity index (χ2v) is 6.85. The van der Waals surface area contributed by atoms with Crippen molar-refractivity contribution in [3.63, 3.8) is 0 Å². The first-order chi connectivity index (χ1) is 12.3. The fourth-order valence-electron chi connectivity index (χ4n) is 2.45. The molecule has 0 aliphatic heterocycles. The first-order valence-electron chi connectivity index (χ1n) is 8.29. The number of alkyl carbamates (subject to hydrolysis) is 1. The van der Waals surface area contributed by atoms with Gasteiger partial charge in [-0.25, -0.2) is 9.59 Å². The molecule has 0 bridgehead atoms. The van der Waals surface area contributed by atoms with Gasteiger partial charge in [-0.3, -0.25) is 0 Å². The maximum atomic E-state index is 12.2. The van der Waals surface area contributed by atoms with Gasteiger partial charge in [0.2, 0.25) is 0 Å². The number of carbonyl (C=O) groups is 2. The van der Waals surface area contributed by atoms with E-state index in [2.05, 4.69) is 5.32 Å². The van der Waals surface area contributed by atoms with Crippen molar-refractivity contribution in [3.05, 3.63) is 48.0 Å². The van der Waals surface area contributed by atoms with Crippen molar-refractivity contribution in [2.45, 2.75) is 38.8 Å². The first kappa shape index (κ1) is 19.3. The van der Waals surface area contributed by atoms with E-state index in [0.29, 0.717) is 0 Å². The van der Waals surface area contributed by atoms with Crippen molar-refractivity contribution in [2.75, 3.05) is 6.61 Å². The summed E-state index contributed by atoms with van der Waals surface area (Å²) in [6.45, 7) is 4.83. The van der Waals surface area contributed by atoms with E-state index in [0.717, 1.165) is 16.3 Å². The number of esters is 1. The number of amides is 1. The van der Waals surface area contributed by atoms with Crippen LogP contribution in [-0.2, 0) is 20.7 Å². The molecule has 2 rings (SSSR count). The summed E-state index contributed by atoms with van der Waals surface area (Å²) in [5.74, 6) is -0.675. The average molecular weight is 354 g/mol. The SMILES string of the molecule is CC(C)(C)OC(=O)NC(Cc1ccc2ccccc2c1)C(=O)OCC#N. The largest absolute Gasteiger partial charge is 0.449 e. The van der Waals surface area contributed by atoms with E-state index in [1.54, 1.807) is 26.8 Å². The molecule has 0 saturated carbocycles. The van der Waals surface area contributed by atoms with Crippen molar-refractivity contribution in [1.82, 2.24) is 5.32 Å². The zero-order valence-electron chi connectivity index (χ0n) is 15.1. The lowest BCUT2D eigenvalue weighted by Gasteiger charge is -2.23. The highest BCUT2D eigenvalue weighted by atomic mass is 16.6. The Morgan fingerprint density at radius 3 is 2.50 bits per heavy atom. The quantitative estimate of drug-likeness (QED) is 0.832. The van der Waals surface area contributed by atoms with Gasteiger partial charge in [-0.15, -0.1) is 0 Å². The Labute approximate surface area is 152 Å². The van der Waals surface area contributed by atoms with E-state index in [1.165, 1.54) is 0 Å². The topological polar surface area (TPSA) is 88.4 Å². The molecule has 0 fully saturated rings. The molecule has 0 radical (unpaired) electrons. The van der Waals surface area contributed by atoms with Crippen molar-refractivity contribution in [2.24, 2.45) is 0 Å². The van der Waals surface area contributed by atoms with Gasteiger partial charge in [-0.2, -0.15) is 5.26 Å². The lowest BCUT2D eigenvalue weighted by atomic mass is 10.0. The summed E-state index contributed by atoms with van der Waals surface area (Å²) >= 11 is 0. The standard InChI is InChI=1S/C20H22N2O4/c1-20(2,3)26-19(24)22-17(18(23)25-11-10-21)13-14-8-9-15-6-4-5-7-16(15)12-14/h4-9,12,17H,11,13H2,1-3H3,(H,22,24). The second-order valence-electron chi connectivity index (χ2n) is 6.85. The predicted octanol–water partition coefficient (Wildman–Crippen LogP) is 3.34. The lowest BCUT2D eigenvalue weighted by molar-refractivity contribution is -0.144. The molecule has 0 aromatic heterocycles. The van der Waals surface area contributed by atoms with Crippen LogP contribution in [-0.4, -0.2) is 30.3 Å². The molecule has 26 heavy (non-hydrogen) atoms. The molecular formula is C20H22N2O4. The number of ether oxygens (including phenoxy) is 2. The van der Waals surface area contributed by atoms with Crippen molar-refractivity contribution < 1.29 is 19.1 Å². The number of nitrogens with one attached hydrogen (secondary N) is 1. The van der Waals surface area contributed by atoms with Gasteiger partial charge in [-0.1, -0.05) is 42.5 Å². The molecule has 1 N–H and O–H groups in total. The molecular weight excluding hydrogens is 332 g/mol. The summed E-state index contributed by atoms with van der Waals surface area (Å²) in [5.41, 5.74) is 0.174. The smallest absolute Gasteiger partial charge is 0.408 e. The molecule has 2 aromatic rings. The number of benzene rings is 2. The minimum absolute atomic E-state index is 0.230. The van der Waals surface area contributed by atoms with Crippen LogP contribution in [0.5, 0.6) is 0 Å². The minimum Gasteiger partial charge on any atom is -0.449 e. The van der Waals surface area contributed by atoms with Crippen LogP contribution in [0.2, 0.25) is 0 Å². The molecule has 0 heterocycles. The minimum atomic E-state index is -0.945. The third kappa shape index (κ3) is 5.78. The van der Waals surface area contributed by atoms with Gasteiger partial charge < -0.3 is 14.8 Å². The Hall–Kier alpha value is -3.07. The second kappa shape index (κ2) is 8.34. The third-order valence-corrected chi connectivity index (χ3v) is 3.51. The number of fused-ring (bicyclic) bond motifs is 1. The van der Waals surface area contributed by atoms with Gasteiger partial charge >= 0.3 is 12.1 Å². The van der Waals surface area contributed by atoms with Crippen LogP contribution in [0.1, 0.15) is 26.3 Å². The maximum Gasteiger partial charge on any atom is 0.408 e. The van der Waals surface area contributed by atoms with E-state index in [9.17, 15) is 9.59 Å². The highest BCUT2D eigenvalue weighted by molar-refractivity contribution is 5.84. The Morgan fingerprint density at radius 2 is 1.85 bits per heavy atom. The van der Waals surface area contributed by atoms with Gasteiger partial charge in [0.25, 0.3) is 0 Å². The Morgan fingerprint density at radius 1 is 1.15 bits per heavy atom. The van der Waals surface area contributed by atoms with Gasteiger partial charge in [0.1, 0.15) is 17.7 Å². The highest BCUT2D eigenvalue weighted by Gasteiger charge is 2.26.